The first-order valence-electron chi connectivity index (χ1n) is 6.98. The lowest BCUT2D eigenvalue weighted by molar-refractivity contribution is -0.154. The van der Waals surface area contributed by atoms with Gasteiger partial charge in [0.25, 0.3) is 0 Å². The SMILES string of the molecule is O=C(NCCc1cccs1)NCC1(C(=O)O)CCOCC1. The minimum absolute atomic E-state index is 0.135. The Balaban J connectivity index is 1.72. The molecule has 1 fully saturated rings. The fraction of sp³-hybridized carbons (Fsp3) is 0.571. The summed E-state index contributed by atoms with van der Waals surface area (Å²) in [5.74, 6) is -0.871. The Hall–Kier alpha value is -1.60. The van der Waals surface area contributed by atoms with Crippen molar-refractivity contribution in [2.75, 3.05) is 26.3 Å². The van der Waals surface area contributed by atoms with E-state index in [-0.39, 0.29) is 12.6 Å². The number of hydrogen-bond acceptors (Lipinski definition) is 4. The monoisotopic (exact) mass is 312 g/mol. The molecule has 2 rings (SSSR count). The Morgan fingerprint density at radius 3 is 2.71 bits per heavy atom. The molecule has 2 amide bonds. The topological polar surface area (TPSA) is 87.7 Å². The highest BCUT2D eigenvalue weighted by molar-refractivity contribution is 7.09. The van der Waals surface area contributed by atoms with Crippen LogP contribution in [0.5, 0.6) is 0 Å². The van der Waals surface area contributed by atoms with Crippen molar-refractivity contribution in [1.82, 2.24) is 10.6 Å². The second-order valence-electron chi connectivity index (χ2n) is 5.14. The molecule has 1 aromatic rings. The van der Waals surface area contributed by atoms with E-state index in [0.29, 0.717) is 32.6 Å². The lowest BCUT2D eigenvalue weighted by Gasteiger charge is -2.33. The van der Waals surface area contributed by atoms with E-state index in [4.69, 9.17) is 4.74 Å². The van der Waals surface area contributed by atoms with Gasteiger partial charge in [-0.05, 0) is 30.7 Å². The summed E-state index contributed by atoms with van der Waals surface area (Å²) in [5.41, 5.74) is -0.899. The predicted octanol–water partition coefficient (Wildman–Crippen LogP) is 1.47. The highest BCUT2D eigenvalue weighted by Gasteiger charge is 2.40. The largest absolute Gasteiger partial charge is 0.481 e. The van der Waals surface area contributed by atoms with E-state index in [2.05, 4.69) is 10.6 Å². The van der Waals surface area contributed by atoms with Crippen molar-refractivity contribution in [3.63, 3.8) is 0 Å². The van der Waals surface area contributed by atoms with Crippen molar-refractivity contribution < 1.29 is 19.4 Å². The lowest BCUT2D eigenvalue weighted by atomic mass is 9.80. The van der Waals surface area contributed by atoms with E-state index in [9.17, 15) is 14.7 Å². The molecular weight excluding hydrogens is 292 g/mol. The number of carbonyl (C=O) groups is 2. The first-order chi connectivity index (χ1) is 10.1. The quantitative estimate of drug-likeness (QED) is 0.742. The summed E-state index contributed by atoms with van der Waals surface area (Å²) < 4.78 is 5.20. The average Bonchev–Trinajstić information content (AvgIpc) is 2.99. The lowest BCUT2D eigenvalue weighted by Crippen LogP contribution is -2.49. The standard InChI is InChI=1S/C14H20N2O4S/c17-12(18)14(4-7-20-8-5-14)10-16-13(19)15-6-3-11-2-1-9-21-11/h1-2,9H,3-8,10H2,(H,17,18)(H2,15,16,19). The molecule has 116 valence electrons. The highest BCUT2D eigenvalue weighted by Crippen LogP contribution is 2.29. The molecule has 0 unspecified atom stereocenters. The van der Waals surface area contributed by atoms with Gasteiger partial charge in [0, 0.05) is 31.2 Å². The van der Waals surface area contributed by atoms with Gasteiger partial charge in [0.05, 0.1) is 5.41 Å². The van der Waals surface area contributed by atoms with Crippen LogP contribution < -0.4 is 10.6 Å². The van der Waals surface area contributed by atoms with Gasteiger partial charge in [0.2, 0.25) is 0 Å². The zero-order chi connectivity index (χ0) is 15.1. The Morgan fingerprint density at radius 1 is 1.33 bits per heavy atom. The molecule has 1 aliphatic rings. The van der Waals surface area contributed by atoms with Gasteiger partial charge < -0.3 is 20.5 Å². The van der Waals surface area contributed by atoms with Gasteiger partial charge in [-0.25, -0.2) is 4.79 Å². The number of hydrogen-bond donors (Lipinski definition) is 3. The molecule has 1 saturated heterocycles. The summed E-state index contributed by atoms with van der Waals surface area (Å²) >= 11 is 1.65. The van der Waals surface area contributed by atoms with Crippen LogP contribution in [0.3, 0.4) is 0 Å². The maximum absolute atomic E-state index is 11.7. The number of amides is 2. The molecule has 0 aliphatic carbocycles. The minimum atomic E-state index is -0.899. The first kappa shape index (κ1) is 15.8. The summed E-state index contributed by atoms with van der Waals surface area (Å²) in [6.45, 7) is 1.52. The van der Waals surface area contributed by atoms with Crippen LogP contribution in [0.1, 0.15) is 17.7 Å². The minimum Gasteiger partial charge on any atom is -0.481 e. The van der Waals surface area contributed by atoms with Crippen LogP contribution in [-0.2, 0) is 16.0 Å². The van der Waals surface area contributed by atoms with Crippen molar-refractivity contribution >= 4 is 23.3 Å². The third-order valence-corrected chi connectivity index (χ3v) is 4.66. The van der Waals surface area contributed by atoms with Gasteiger partial charge in [0.15, 0.2) is 0 Å². The molecule has 7 heteroatoms. The van der Waals surface area contributed by atoms with E-state index < -0.39 is 11.4 Å². The zero-order valence-electron chi connectivity index (χ0n) is 11.8. The molecule has 0 radical (unpaired) electrons. The molecule has 3 N–H and O–H groups in total. The maximum Gasteiger partial charge on any atom is 0.314 e. The van der Waals surface area contributed by atoms with Gasteiger partial charge in [0.1, 0.15) is 0 Å². The van der Waals surface area contributed by atoms with E-state index in [0.717, 1.165) is 6.42 Å². The van der Waals surface area contributed by atoms with Gasteiger partial charge in [-0.15, -0.1) is 11.3 Å². The summed E-state index contributed by atoms with van der Waals surface area (Å²) in [6.07, 6.45) is 1.64. The molecular formula is C14H20N2O4S. The summed E-state index contributed by atoms with van der Waals surface area (Å²) in [6, 6.07) is 3.67. The van der Waals surface area contributed by atoms with Crippen molar-refractivity contribution in [3.05, 3.63) is 22.4 Å². The maximum atomic E-state index is 11.7. The van der Waals surface area contributed by atoms with E-state index in [1.807, 2.05) is 17.5 Å². The molecule has 6 nitrogen and oxygen atoms in total. The number of carboxylic acids is 1. The summed E-state index contributed by atoms with van der Waals surface area (Å²) in [5, 5.41) is 16.8. The number of thiophene rings is 1. The molecule has 0 spiro atoms. The third kappa shape index (κ3) is 4.44. The third-order valence-electron chi connectivity index (χ3n) is 3.73. The second kappa shape index (κ2) is 7.42. The number of urea groups is 1. The fourth-order valence-corrected chi connectivity index (χ4v) is 3.00. The highest BCUT2D eigenvalue weighted by atomic mass is 32.1. The first-order valence-corrected chi connectivity index (χ1v) is 7.86. The Morgan fingerprint density at radius 2 is 2.10 bits per heavy atom. The number of ether oxygens (including phenoxy) is 1. The number of carbonyl (C=O) groups excluding carboxylic acids is 1. The molecule has 21 heavy (non-hydrogen) atoms. The smallest absolute Gasteiger partial charge is 0.314 e. The molecule has 0 bridgehead atoms. The second-order valence-corrected chi connectivity index (χ2v) is 6.17. The molecule has 0 aromatic carbocycles. The van der Waals surface area contributed by atoms with Gasteiger partial charge in [-0.2, -0.15) is 0 Å². The number of rotatable bonds is 6. The van der Waals surface area contributed by atoms with E-state index in [1.54, 1.807) is 11.3 Å². The van der Waals surface area contributed by atoms with Crippen LogP contribution in [-0.4, -0.2) is 43.4 Å². The molecule has 1 aliphatic heterocycles. The Labute approximate surface area is 127 Å². The van der Waals surface area contributed by atoms with Crippen molar-refractivity contribution in [3.8, 4) is 0 Å². The van der Waals surface area contributed by atoms with Gasteiger partial charge in [-0.1, -0.05) is 6.07 Å². The van der Waals surface area contributed by atoms with Crippen LogP contribution >= 0.6 is 11.3 Å². The number of nitrogens with one attached hydrogen (secondary N) is 2. The number of aliphatic carboxylic acids is 1. The van der Waals surface area contributed by atoms with Crippen LogP contribution in [0.2, 0.25) is 0 Å². The van der Waals surface area contributed by atoms with Crippen LogP contribution in [0.25, 0.3) is 0 Å². The average molecular weight is 312 g/mol. The summed E-state index contributed by atoms with van der Waals surface area (Å²) in [4.78, 5) is 24.4. The molecule has 0 atom stereocenters. The summed E-state index contributed by atoms with van der Waals surface area (Å²) in [7, 11) is 0. The predicted molar refractivity (Wildman–Crippen MR) is 79.5 cm³/mol. The van der Waals surface area contributed by atoms with Crippen LogP contribution in [0.15, 0.2) is 17.5 Å². The Bertz CT molecular complexity index is 469. The van der Waals surface area contributed by atoms with Crippen molar-refractivity contribution in [2.45, 2.75) is 19.3 Å². The van der Waals surface area contributed by atoms with Crippen molar-refractivity contribution in [1.29, 1.82) is 0 Å². The van der Waals surface area contributed by atoms with Crippen molar-refractivity contribution in [2.24, 2.45) is 5.41 Å². The van der Waals surface area contributed by atoms with E-state index >= 15 is 0 Å². The molecule has 2 heterocycles. The number of carboxylic acid groups (broad SMARTS) is 1. The van der Waals surface area contributed by atoms with Gasteiger partial charge >= 0.3 is 12.0 Å². The molecule has 1 aromatic heterocycles. The van der Waals surface area contributed by atoms with Crippen LogP contribution in [0, 0.1) is 5.41 Å². The zero-order valence-corrected chi connectivity index (χ0v) is 12.6. The normalized spacial score (nSPS) is 17.1. The van der Waals surface area contributed by atoms with Crippen LogP contribution in [0.4, 0.5) is 4.79 Å². The van der Waals surface area contributed by atoms with E-state index in [1.165, 1.54) is 4.88 Å². The fourth-order valence-electron chi connectivity index (χ4n) is 2.29. The Kier molecular flexibility index (Phi) is 5.58. The molecule has 0 saturated carbocycles. The van der Waals surface area contributed by atoms with Gasteiger partial charge in [-0.3, -0.25) is 4.79 Å².